The molecule has 2 unspecified atom stereocenters. The fourth-order valence-corrected chi connectivity index (χ4v) is 2.55. The summed E-state index contributed by atoms with van der Waals surface area (Å²) < 4.78 is 5.79. The van der Waals surface area contributed by atoms with Gasteiger partial charge in [0, 0.05) is 18.3 Å². The second kappa shape index (κ2) is 6.29. The van der Waals surface area contributed by atoms with Crippen LogP contribution in [0.15, 0.2) is 22.7 Å². The lowest BCUT2D eigenvalue weighted by Gasteiger charge is -2.12. The largest absolute Gasteiger partial charge is 0.364 e. The van der Waals surface area contributed by atoms with Crippen LogP contribution in [-0.2, 0) is 9.53 Å². The number of carbonyl (C=O) groups is 1. The second-order valence-electron chi connectivity index (χ2n) is 4.47. The quantitative estimate of drug-likeness (QED) is 0.640. The third-order valence-electron chi connectivity index (χ3n) is 3.07. The molecule has 1 aromatic carbocycles. The van der Waals surface area contributed by atoms with Gasteiger partial charge in [0.25, 0.3) is 11.6 Å². The molecule has 1 aliphatic heterocycles. The van der Waals surface area contributed by atoms with E-state index in [-0.39, 0.29) is 17.7 Å². The van der Waals surface area contributed by atoms with Crippen LogP contribution in [-0.4, -0.2) is 29.6 Å². The normalized spacial score (nSPS) is 21.7. The molecule has 20 heavy (non-hydrogen) atoms. The Hall–Kier alpha value is -1.51. The van der Waals surface area contributed by atoms with Gasteiger partial charge in [0.1, 0.15) is 6.10 Å². The summed E-state index contributed by atoms with van der Waals surface area (Å²) in [5, 5.41) is 13.4. The molecule has 2 atom stereocenters. The molecule has 1 amide bonds. The van der Waals surface area contributed by atoms with Crippen molar-refractivity contribution in [3.8, 4) is 0 Å². The van der Waals surface area contributed by atoms with Gasteiger partial charge in [-0.3, -0.25) is 14.9 Å². The average molecular weight is 344 g/mol. The molecule has 0 saturated carbocycles. The van der Waals surface area contributed by atoms with Crippen LogP contribution in [0, 0.1) is 10.1 Å². The molecule has 108 valence electrons. The molecule has 1 fully saturated rings. The number of amides is 1. The highest BCUT2D eigenvalue weighted by Crippen LogP contribution is 2.28. The Labute approximate surface area is 123 Å². The lowest BCUT2D eigenvalue weighted by atomic mass is 10.2. The fraction of sp³-hybridized carbons (Fsp3) is 0.417. The summed E-state index contributed by atoms with van der Waals surface area (Å²) in [6, 6.07) is 4.31. The van der Waals surface area contributed by atoms with Gasteiger partial charge in [0.05, 0.1) is 15.5 Å². The van der Waals surface area contributed by atoms with Crippen LogP contribution in [0.25, 0.3) is 0 Å². The second-order valence-corrected chi connectivity index (χ2v) is 5.33. The smallest absolute Gasteiger partial charge is 0.283 e. The number of ether oxygens (including phenoxy) is 1. The van der Waals surface area contributed by atoms with Gasteiger partial charge >= 0.3 is 0 Å². The summed E-state index contributed by atoms with van der Waals surface area (Å²) in [5.41, 5.74) is 5.91. The number of rotatable bonds is 4. The average Bonchev–Trinajstić information content (AvgIpc) is 2.87. The Morgan fingerprint density at radius 3 is 2.85 bits per heavy atom. The van der Waals surface area contributed by atoms with E-state index in [0.717, 1.165) is 6.42 Å². The Morgan fingerprint density at radius 1 is 1.55 bits per heavy atom. The van der Waals surface area contributed by atoms with E-state index in [2.05, 4.69) is 21.2 Å². The number of hydrogen-bond donors (Lipinski definition) is 2. The summed E-state index contributed by atoms with van der Waals surface area (Å²) in [5.74, 6) is -0.262. The minimum absolute atomic E-state index is 0.0525. The van der Waals surface area contributed by atoms with E-state index in [1.165, 1.54) is 18.2 Å². The third-order valence-corrected chi connectivity index (χ3v) is 3.71. The van der Waals surface area contributed by atoms with Gasteiger partial charge in [-0.1, -0.05) is 0 Å². The highest BCUT2D eigenvalue weighted by atomic mass is 79.9. The minimum atomic E-state index is -0.516. The molecule has 1 aliphatic rings. The Morgan fingerprint density at radius 2 is 2.30 bits per heavy atom. The number of carbonyl (C=O) groups excluding carboxylic acids is 1. The van der Waals surface area contributed by atoms with Crippen LogP contribution in [0.4, 0.5) is 11.4 Å². The maximum absolute atomic E-state index is 12.0. The molecular weight excluding hydrogens is 330 g/mol. The van der Waals surface area contributed by atoms with Crippen LogP contribution in [0.2, 0.25) is 0 Å². The highest BCUT2D eigenvalue weighted by Gasteiger charge is 2.30. The highest BCUT2D eigenvalue weighted by molar-refractivity contribution is 9.10. The van der Waals surface area contributed by atoms with Crippen LogP contribution in [0.5, 0.6) is 0 Å². The van der Waals surface area contributed by atoms with Crippen molar-refractivity contribution in [1.29, 1.82) is 0 Å². The van der Waals surface area contributed by atoms with Crippen LogP contribution >= 0.6 is 15.9 Å². The van der Waals surface area contributed by atoms with Gasteiger partial charge in [0.2, 0.25) is 0 Å². The molecule has 1 saturated heterocycles. The fourth-order valence-electron chi connectivity index (χ4n) is 2.03. The number of hydrogen-bond acceptors (Lipinski definition) is 5. The van der Waals surface area contributed by atoms with Crippen molar-refractivity contribution in [1.82, 2.24) is 0 Å². The van der Waals surface area contributed by atoms with Gasteiger partial charge in [-0.25, -0.2) is 0 Å². The predicted molar refractivity (Wildman–Crippen MR) is 76.4 cm³/mol. The van der Waals surface area contributed by atoms with E-state index in [9.17, 15) is 14.9 Å². The number of nitro groups is 1. The monoisotopic (exact) mass is 343 g/mol. The number of nitrogens with one attached hydrogen (secondary N) is 1. The molecule has 1 aromatic rings. The van der Waals surface area contributed by atoms with Gasteiger partial charge in [0.15, 0.2) is 0 Å². The SMILES string of the molecule is NCC1CCC(C(=O)Nc2ccc([N+](=O)[O-])c(Br)c2)O1. The van der Waals surface area contributed by atoms with Crippen molar-refractivity contribution >= 4 is 33.2 Å². The zero-order chi connectivity index (χ0) is 14.7. The van der Waals surface area contributed by atoms with E-state index in [1.54, 1.807) is 0 Å². The topological polar surface area (TPSA) is 107 Å². The first-order valence-electron chi connectivity index (χ1n) is 6.11. The van der Waals surface area contributed by atoms with Crippen LogP contribution in [0.1, 0.15) is 12.8 Å². The zero-order valence-corrected chi connectivity index (χ0v) is 12.1. The maximum atomic E-state index is 12.0. The van der Waals surface area contributed by atoms with E-state index in [0.29, 0.717) is 23.1 Å². The Bertz CT molecular complexity index is 537. The molecule has 8 heteroatoms. The molecule has 0 bridgehead atoms. The van der Waals surface area contributed by atoms with Crippen molar-refractivity contribution in [3.05, 3.63) is 32.8 Å². The van der Waals surface area contributed by atoms with E-state index in [1.807, 2.05) is 0 Å². The maximum Gasteiger partial charge on any atom is 0.283 e. The van der Waals surface area contributed by atoms with Crippen LogP contribution in [0.3, 0.4) is 0 Å². The van der Waals surface area contributed by atoms with E-state index >= 15 is 0 Å². The molecule has 1 heterocycles. The predicted octanol–water partition coefficient (Wildman–Crippen LogP) is 1.80. The van der Waals surface area contributed by atoms with Gasteiger partial charge in [-0.15, -0.1) is 0 Å². The zero-order valence-electron chi connectivity index (χ0n) is 10.5. The lowest BCUT2D eigenvalue weighted by molar-refractivity contribution is -0.385. The molecule has 2 rings (SSSR count). The molecular formula is C12H14BrN3O4. The van der Waals surface area contributed by atoms with E-state index < -0.39 is 11.0 Å². The standard InChI is InChI=1S/C12H14BrN3O4/c13-9-5-7(1-3-10(9)16(18)19)15-12(17)11-4-2-8(6-14)20-11/h1,3,5,8,11H,2,4,6,14H2,(H,15,17). The Kier molecular flexibility index (Phi) is 4.69. The summed E-state index contributed by atoms with van der Waals surface area (Å²) in [6.07, 6.45) is 0.798. The van der Waals surface area contributed by atoms with E-state index in [4.69, 9.17) is 10.5 Å². The lowest BCUT2D eigenvalue weighted by Crippen LogP contribution is -2.29. The molecule has 0 spiro atoms. The molecule has 0 radical (unpaired) electrons. The molecule has 0 aromatic heterocycles. The van der Waals surface area contributed by atoms with Gasteiger partial charge in [-0.05, 0) is 40.9 Å². The van der Waals surface area contributed by atoms with Crippen molar-refractivity contribution in [3.63, 3.8) is 0 Å². The van der Waals surface area contributed by atoms with Crippen molar-refractivity contribution in [2.24, 2.45) is 5.73 Å². The first-order chi connectivity index (χ1) is 9.51. The molecule has 3 N–H and O–H groups in total. The van der Waals surface area contributed by atoms with Gasteiger partial charge < -0.3 is 15.8 Å². The summed E-state index contributed by atoms with van der Waals surface area (Å²) in [7, 11) is 0. The minimum Gasteiger partial charge on any atom is -0.364 e. The number of nitro benzene ring substituents is 1. The summed E-state index contributed by atoms with van der Waals surface area (Å²) in [4.78, 5) is 22.2. The number of nitrogens with two attached hydrogens (primary N) is 1. The number of nitrogens with zero attached hydrogens (tertiary/aromatic N) is 1. The first-order valence-corrected chi connectivity index (χ1v) is 6.91. The number of halogens is 1. The number of benzene rings is 1. The van der Waals surface area contributed by atoms with Gasteiger partial charge in [-0.2, -0.15) is 0 Å². The van der Waals surface area contributed by atoms with Crippen molar-refractivity contribution in [2.75, 3.05) is 11.9 Å². The van der Waals surface area contributed by atoms with Crippen molar-refractivity contribution in [2.45, 2.75) is 25.0 Å². The third kappa shape index (κ3) is 3.33. The number of anilines is 1. The summed E-state index contributed by atoms with van der Waals surface area (Å²) >= 11 is 3.10. The molecule has 0 aliphatic carbocycles. The molecule has 7 nitrogen and oxygen atoms in total. The summed E-state index contributed by atoms with van der Waals surface area (Å²) in [6.45, 7) is 0.396. The Balaban J connectivity index is 2.02. The van der Waals surface area contributed by atoms with Crippen LogP contribution < -0.4 is 11.1 Å². The first kappa shape index (κ1) is 14.9. The van der Waals surface area contributed by atoms with Crippen molar-refractivity contribution < 1.29 is 14.5 Å².